The molecular formula is C23H24N4O4. The molecule has 2 amide bonds. The van der Waals surface area contributed by atoms with Gasteiger partial charge in [0.25, 0.3) is 5.91 Å². The highest BCUT2D eigenvalue weighted by Gasteiger charge is 2.19. The Morgan fingerprint density at radius 3 is 2.68 bits per heavy atom. The van der Waals surface area contributed by atoms with Crippen molar-refractivity contribution >= 4 is 17.5 Å². The third-order valence-corrected chi connectivity index (χ3v) is 5.03. The first-order valence-corrected chi connectivity index (χ1v) is 10.4. The van der Waals surface area contributed by atoms with Crippen LogP contribution in [0.1, 0.15) is 35.5 Å². The summed E-state index contributed by atoms with van der Waals surface area (Å²) < 4.78 is 10.8. The average molecular weight is 420 g/mol. The highest BCUT2D eigenvalue weighted by Crippen LogP contribution is 2.18. The van der Waals surface area contributed by atoms with Gasteiger partial charge in [-0.2, -0.15) is 4.98 Å². The second-order valence-corrected chi connectivity index (χ2v) is 7.32. The molecule has 0 spiro atoms. The van der Waals surface area contributed by atoms with Gasteiger partial charge in [-0.15, -0.1) is 0 Å². The summed E-state index contributed by atoms with van der Waals surface area (Å²) >= 11 is 0. The number of amides is 2. The molecule has 8 nitrogen and oxygen atoms in total. The molecule has 1 atom stereocenters. The molecule has 1 saturated heterocycles. The lowest BCUT2D eigenvalue weighted by molar-refractivity contribution is -0.116. The summed E-state index contributed by atoms with van der Waals surface area (Å²) in [6.07, 6.45) is 2.47. The molecule has 2 heterocycles. The number of aromatic nitrogens is 2. The van der Waals surface area contributed by atoms with E-state index in [1.165, 1.54) is 0 Å². The number of rotatable bonds is 8. The van der Waals surface area contributed by atoms with Gasteiger partial charge in [-0.05, 0) is 25.0 Å². The van der Waals surface area contributed by atoms with Crippen molar-refractivity contribution in [2.75, 3.05) is 18.5 Å². The molecule has 160 valence electrons. The Labute approximate surface area is 180 Å². The van der Waals surface area contributed by atoms with E-state index in [4.69, 9.17) is 9.26 Å². The number of hydrogen-bond donors (Lipinski definition) is 2. The third kappa shape index (κ3) is 5.55. The minimum atomic E-state index is -0.240. The van der Waals surface area contributed by atoms with Crippen molar-refractivity contribution in [2.24, 2.45) is 0 Å². The zero-order chi connectivity index (χ0) is 21.5. The molecule has 2 N–H and O–H groups in total. The van der Waals surface area contributed by atoms with Crippen LogP contribution in [0.3, 0.4) is 0 Å². The third-order valence-electron chi connectivity index (χ3n) is 5.03. The predicted molar refractivity (Wildman–Crippen MR) is 114 cm³/mol. The highest BCUT2D eigenvalue weighted by atomic mass is 16.5. The summed E-state index contributed by atoms with van der Waals surface area (Å²) in [4.78, 5) is 29.4. The Kier molecular flexibility index (Phi) is 6.68. The van der Waals surface area contributed by atoms with E-state index in [-0.39, 0.29) is 24.3 Å². The molecule has 0 radical (unpaired) electrons. The molecule has 1 fully saturated rings. The van der Waals surface area contributed by atoms with Crippen molar-refractivity contribution in [3.8, 4) is 11.4 Å². The molecule has 3 aromatic rings. The number of nitrogens with one attached hydrogen (secondary N) is 2. The van der Waals surface area contributed by atoms with Crippen LogP contribution in [0.2, 0.25) is 0 Å². The van der Waals surface area contributed by atoms with Crippen molar-refractivity contribution in [3.05, 3.63) is 66.1 Å². The first-order valence-electron chi connectivity index (χ1n) is 10.4. The van der Waals surface area contributed by atoms with E-state index in [0.717, 1.165) is 25.0 Å². The van der Waals surface area contributed by atoms with Crippen molar-refractivity contribution in [3.63, 3.8) is 0 Å². The molecule has 0 bridgehead atoms. The van der Waals surface area contributed by atoms with Crippen molar-refractivity contribution in [1.29, 1.82) is 0 Å². The van der Waals surface area contributed by atoms with Gasteiger partial charge >= 0.3 is 0 Å². The number of carbonyl (C=O) groups excluding carboxylic acids is 2. The van der Waals surface area contributed by atoms with Crippen LogP contribution in [0.5, 0.6) is 0 Å². The van der Waals surface area contributed by atoms with Crippen molar-refractivity contribution in [2.45, 2.75) is 31.8 Å². The zero-order valence-electron chi connectivity index (χ0n) is 17.0. The number of benzene rings is 2. The van der Waals surface area contributed by atoms with E-state index in [1.54, 1.807) is 24.3 Å². The Morgan fingerprint density at radius 1 is 1.06 bits per heavy atom. The largest absolute Gasteiger partial charge is 0.376 e. The topological polar surface area (TPSA) is 106 Å². The SMILES string of the molecule is O=C(CCc1nc(-c2ccccc2)no1)Nc1ccccc1C(=O)NCC1CCCO1. The summed E-state index contributed by atoms with van der Waals surface area (Å²) in [7, 11) is 0. The van der Waals surface area contributed by atoms with E-state index in [9.17, 15) is 9.59 Å². The summed E-state index contributed by atoms with van der Waals surface area (Å²) in [5, 5.41) is 9.65. The molecule has 1 aliphatic rings. The number of carbonyl (C=O) groups is 2. The van der Waals surface area contributed by atoms with E-state index in [0.29, 0.717) is 35.9 Å². The molecule has 2 aromatic carbocycles. The Hall–Kier alpha value is -3.52. The molecule has 1 aromatic heterocycles. The minimum Gasteiger partial charge on any atom is -0.376 e. The van der Waals surface area contributed by atoms with E-state index >= 15 is 0 Å². The van der Waals surface area contributed by atoms with Crippen LogP contribution in [-0.2, 0) is 16.0 Å². The second-order valence-electron chi connectivity index (χ2n) is 7.32. The lowest BCUT2D eigenvalue weighted by Crippen LogP contribution is -2.32. The average Bonchev–Trinajstić information content (AvgIpc) is 3.49. The fourth-order valence-electron chi connectivity index (χ4n) is 3.39. The monoisotopic (exact) mass is 420 g/mol. The maximum absolute atomic E-state index is 12.6. The standard InChI is InChI=1S/C23H24N4O4/c28-20(12-13-21-26-22(27-31-21)16-7-2-1-3-8-16)25-19-11-5-4-10-18(19)23(29)24-15-17-9-6-14-30-17/h1-5,7-8,10-11,17H,6,9,12-15H2,(H,24,29)(H,25,28). The van der Waals surface area contributed by atoms with Gasteiger partial charge in [0.1, 0.15) is 0 Å². The Morgan fingerprint density at radius 2 is 1.87 bits per heavy atom. The molecule has 1 aliphatic heterocycles. The lowest BCUT2D eigenvalue weighted by Gasteiger charge is -2.13. The number of para-hydroxylation sites is 1. The molecular weight excluding hydrogens is 396 g/mol. The van der Waals surface area contributed by atoms with Crippen LogP contribution in [0.15, 0.2) is 59.1 Å². The second kappa shape index (κ2) is 9.99. The molecule has 31 heavy (non-hydrogen) atoms. The van der Waals surface area contributed by atoms with Crippen molar-refractivity contribution < 1.29 is 18.8 Å². The van der Waals surface area contributed by atoms with Gasteiger partial charge in [0.2, 0.25) is 17.6 Å². The number of aryl methyl sites for hydroxylation is 1. The molecule has 8 heteroatoms. The Balaban J connectivity index is 1.31. The fraction of sp³-hybridized carbons (Fsp3) is 0.304. The zero-order valence-corrected chi connectivity index (χ0v) is 17.0. The number of hydrogen-bond acceptors (Lipinski definition) is 6. The quantitative estimate of drug-likeness (QED) is 0.580. The normalized spacial score (nSPS) is 15.5. The van der Waals surface area contributed by atoms with E-state index in [2.05, 4.69) is 20.8 Å². The van der Waals surface area contributed by atoms with Gasteiger partial charge in [-0.3, -0.25) is 9.59 Å². The maximum atomic E-state index is 12.6. The molecule has 1 unspecified atom stereocenters. The van der Waals surface area contributed by atoms with Crippen LogP contribution in [0.25, 0.3) is 11.4 Å². The summed E-state index contributed by atoms with van der Waals surface area (Å²) in [6.45, 7) is 1.20. The van der Waals surface area contributed by atoms with Crippen LogP contribution in [0.4, 0.5) is 5.69 Å². The summed E-state index contributed by atoms with van der Waals surface area (Å²) in [6, 6.07) is 16.4. The molecule has 4 rings (SSSR count). The van der Waals surface area contributed by atoms with Crippen LogP contribution in [-0.4, -0.2) is 41.2 Å². The van der Waals surface area contributed by atoms with Crippen molar-refractivity contribution in [1.82, 2.24) is 15.5 Å². The van der Waals surface area contributed by atoms with Gasteiger partial charge in [0, 0.05) is 31.6 Å². The predicted octanol–water partition coefficient (Wildman–Crippen LogP) is 3.22. The number of anilines is 1. The Bertz CT molecular complexity index is 1030. The minimum absolute atomic E-state index is 0.0564. The van der Waals surface area contributed by atoms with E-state index < -0.39 is 0 Å². The van der Waals surface area contributed by atoms with E-state index in [1.807, 2.05) is 30.3 Å². The van der Waals surface area contributed by atoms with Crippen LogP contribution < -0.4 is 10.6 Å². The fourth-order valence-corrected chi connectivity index (χ4v) is 3.39. The van der Waals surface area contributed by atoms with Gasteiger partial charge in [-0.1, -0.05) is 47.6 Å². The number of nitrogens with zero attached hydrogens (tertiary/aromatic N) is 2. The van der Waals surface area contributed by atoms with Crippen LogP contribution in [0, 0.1) is 0 Å². The lowest BCUT2D eigenvalue weighted by atomic mass is 10.1. The molecule has 0 saturated carbocycles. The highest BCUT2D eigenvalue weighted by molar-refractivity contribution is 6.03. The number of ether oxygens (including phenoxy) is 1. The van der Waals surface area contributed by atoms with Gasteiger partial charge < -0.3 is 19.9 Å². The maximum Gasteiger partial charge on any atom is 0.253 e. The smallest absolute Gasteiger partial charge is 0.253 e. The summed E-state index contributed by atoms with van der Waals surface area (Å²) in [5.41, 5.74) is 1.73. The first-order chi connectivity index (χ1) is 15.2. The van der Waals surface area contributed by atoms with Crippen LogP contribution >= 0.6 is 0 Å². The first kappa shape index (κ1) is 20.7. The summed E-state index contributed by atoms with van der Waals surface area (Å²) in [5.74, 6) is 0.399. The van der Waals surface area contributed by atoms with Gasteiger partial charge in [-0.25, -0.2) is 0 Å². The molecule has 0 aliphatic carbocycles. The van der Waals surface area contributed by atoms with Gasteiger partial charge in [0.15, 0.2) is 0 Å². The van der Waals surface area contributed by atoms with Gasteiger partial charge in [0.05, 0.1) is 17.4 Å².